The van der Waals surface area contributed by atoms with Gasteiger partial charge in [0.2, 0.25) is 5.78 Å². The van der Waals surface area contributed by atoms with E-state index in [1.165, 1.54) is 7.11 Å². The van der Waals surface area contributed by atoms with Crippen molar-refractivity contribution < 1.29 is 9.53 Å². The zero-order valence-electron chi connectivity index (χ0n) is 12.5. The third kappa shape index (κ3) is 3.58. The Labute approximate surface area is 139 Å². The van der Waals surface area contributed by atoms with Gasteiger partial charge in [0.25, 0.3) is 0 Å². The van der Waals surface area contributed by atoms with Crippen molar-refractivity contribution in [2.45, 2.75) is 19.4 Å². The average molecular weight is 339 g/mol. The Kier molecular flexibility index (Phi) is 5.06. The molecule has 2 aromatic rings. The van der Waals surface area contributed by atoms with Gasteiger partial charge in [-0.05, 0) is 37.6 Å². The monoisotopic (exact) mass is 338 g/mol. The quantitative estimate of drug-likeness (QED) is 0.768. The second-order valence-electron chi connectivity index (χ2n) is 5.21. The maximum atomic E-state index is 12.8. The molecule has 116 valence electrons. The zero-order valence-corrected chi connectivity index (χ0v) is 14.0. The fraction of sp³-hybridized carbons (Fsp3) is 0.250. The summed E-state index contributed by atoms with van der Waals surface area (Å²) in [5.41, 5.74) is 0.137. The van der Waals surface area contributed by atoms with Crippen molar-refractivity contribution in [1.29, 1.82) is 0 Å². The lowest BCUT2D eigenvalue weighted by Crippen LogP contribution is -2.35. The SMILES string of the molecule is COC(C)(C)C(=O)/C(=C/c1ccc(Cl)cc1Cl)n1ccnc1. The Balaban J connectivity index is 2.54. The highest BCUT2D eigenvalue weighted by Gasteiger charge is 2.31. The largest absolute Gasteiger partial charge is 0.371 e. The maximum Gasteiger partial charge on any atom is 0.210 e. The summed E-state index contributed by atoms with van der Waals surface area (Å²) in [5.74, 6) is -0.181. The van der Waals surface area contributed by atoms with Gasteiger partial charge in [-0.1, -0.05) is 29.3 Å². The van der Waals surface area contributed by atoms with E-state index in [0.717, 1.165) is 0 Å². The van der Waals surface area contributed by atoms with Gasteiger partial charge in [-0.2, -0.15) is 0 Å². The lowest BCUT2D eigenvalue weighted by Gasteiger charge is -2.23. The first-order valence-electron chi connectivity index (χ1n) is 6.60. The van der Waals surface area contributed by atoms with Gasteiger partial charge >= 0.3 is 0 Å². The molecule has 0 fully saturated rings. The van der Waals surface area contributed by atoms with Crippen LogP contribution in [0, 0.1) is 0 Å². The molecule has 0 atom stereocenters. The number of imidazole rings is 1. The van der Waals surface area contributed by atoms with E-state index in [4.69, 9.17) is 27.9 Å². The molecule has 0 aliphatic heterocycles. The third-order valence-corrected chi connectivity index (χ3v) is 3.89. The molecule has 0 amide bonds. The number of Topliss-reactive ketones (excluding diaryl/α,β-unsaturated/α-hetero) is 1. The molecule has 0 unspecified atom stereocenters. The van der Waals surface area contributed by atoms with Crippen LogP contribution in [-0.4, -0.2) is 28.0 Å². The summed E-state index contributed by atoms with van der Waals surface area (Å²) < 4.78 is 6.92. The number of benzene rings is 1. The lowest BCUT2D eigenvalue weighted by atomic mass is 9.99. The number of halogens is 2. The van der Waals surface area contributed by atoms with Gasteiger partial charge in [0.1, 0.15) is 5.60 Å². The van der Waals surface area contributed by atoms with Crippen molar-refractivity contribution in [2.24, 2.45) is 0 Å². The van der Waals surface area contributed by atoms with Crippen molar-refractivity contribution in [3.05, 3.63) is 52.5 Å². The van der Waals surface area contributed by atoms with E-state index in [2.05, 4.69) is 4.98 Å². The summed E-state index contributed by atoms with van der Waals surface area (Å²) in [6, 6.07) is 5.11. The van der Waals surface area contributed by atoms with Crippen molar-refractivity contribution in [1.82, 2.24) is 9.55 Å². The van der Waals surface area contributed by atoms with E-state index in [1.807, 2.05) is 0 Å². The Bertz CT molecular complexity index is 707. The summed E-state index contributed by atoms with van der Waals surface area (Å²) in [7, 11) is 1.50. The number of ketones is 1. The average Bonchev–Trinajstić information content (AvgIpc) is 3.00. The zero-order chi connectivity index (χ0) is 16.3. The minimum Gasteiger partial charge on any atom is -0.371 e. The number of carbonyl (C=O) groups excluding carboxylic acids is 1. The predicted octanol–water partition coefficient (Wildman–Crippen LogP) is 4.18. The second-order valence-corrected chi connectivity index (χ2v) is 6.05. The third-order valence-electron chi connectivity index (χ3n) is 3.33. The van der Waals surface area contributed by atoms with Crippen LogP contribution in [0.25, 0.3) is 11.8 Å². The molecule has 2 rings (SSSR count). The number of methoxy groups -OCH3 is 1. The topological polar surface area (TPSA) is 44.1 Å². The maximum absolute atomic E-state index is 12.8. The molecule has 6 heteroatoms. The highest BCUT2D eigenvalue weighted by Crippen LogP contribution is 2.26. The van der Waals surface area contributed by atoms with Crippen LogP contribution in [0.1, 0.15) is 19.4 Å². The summed E-state index contributed by atoms with van der Waals surface area (Å²) in [6.45, 7) is 3.42. The predicted molar refractivity (Wildman–Crippen MR) is 89.0 cm³/mol. The van der Waals surface area contributed by atoms with Crippen LogP contribution in [0.5, 0.6) is 0 Å². The van der Waals surface area contributed by atoms with Crippen molar-refractivity contribution in [3.8, 4) is 0 Å². The van der Waals surface area contributed by atoms with E-state index in [0.29, 0.717) is 21.3 Å². The minimum absolute atomic E-state index is 0.181. The van der Waals surface area contributed by atoms with Crippen LogP contribution < -0.4 is 0 Å². The molecule has 0 aliphatic carbocycles. The van der Waals surface area contributed by atoms with Crippen LogP contribution in [0.3, 0.4) is 0 Å². The van der Waals surface area contributed by atoms with E-state index in [1.54, 1.807) is 61.4 Å². The number of rotatable bonds is 5. The normalized spacial score (nSPS) is 12.5. The van der Waals surface area contributed by atoms with Gasteiger partial charge in [0, 0.05) is 29.5 Å². The van der Waals surface area contributed by atoms with E-state index in [-0.39, 0.29) is 5.78 Å². The molecule has 0 bridgehead atoms. The van der Waals surface area contributed by atoms with Crippen molar-refractivity contribution in [2.75, 3.05) is 7.11 Å². The van der Waals surface area contributed by atoms with Gasteiger partial charge < -0.3 is 9.30 Å². The Morgan fingerprint density at radius 3 is 2.64 bits per heavy atom. The summed E-state index contributed by atoms with van der Waals surface area (Å²) in [5, 5.41) is 1.00. The van der Waals surface area contributed by atoms with E-state index >= 15 is 0 Å². The van der Waals surface area contributed by atoms with Crippen LogP contribution in [0.15, 0.2) is 36.9 Å². The first-order valence-corrected chi connectivity index (χ1v) is 7.36. The van der Waals surface area contributed by atoms with Gasteiger partial charge in [-0.3, -0.25) is 4.79 Å². The smallest absolute Gasteiger partial charge is 0.210 e. The highest BCUT2D eigenvalue weighted by molar-refractivity contribution is 6.36. The van der Waals surface area contributed by atoms with Crippen molar-refractivity contribution in [3.63, 3.8) is 0 Å². The Morgan fingerprint density at radius 1 is 1.36 bits per heavy atom. The van der Waals surface area contributed by atoms with Gasteiger partial charge in [0.05, 0.1) is 12.0 Å². The molecule has 0 aliphatic rings. The van der Waals surface area contributed by atoms with E-state index < -0.39 is 5.60 Å². The molecule has 0 saturated heterocycles. The standard InChI is InChI=1S/C16H16Cl2N2O2/c1-16(2,22-3)15(21)14(20-7-6-19-10-20)8-11-4-5-12(17)9-13(11)18/h4-10H,1-3H3/b14-8-. The van der Waals surface area contributed by atoms with Crippen LogP contribution in [0.2, 0.25) is 10.0 Å². The summed E-state index contributed by atoms with van der Waals surface area (Å²) in [6.07, 6.45) is 6.55. The number of nitrogens with zero attached hydrogens (tertiary/aromatic N) is 2. The molecule has 4 nitrogen and oxygen atoms in total. The number of hydrogen-bond acceptors (Lipinski definition) is 3. The molecule has 1 aromatic carbocycles. The Morgan fingerprint density at radius 2 is 2.09 bits per heavy atom. The number of hydrogen-bond donors (Lipinski definition) is 0. The number of carbonyl (C=O) groups is 1. The molecule has 0 radical (unpaired) electrons. The van der Waals surface area contributed by atoms with Gasteiger partial charge in [0.15, 0.2) is 0 Å². The van der Waals surface area contributed by atoms with Crippen molar-refractivity contribution >= 4 is 40.8 Å². The summed E-state index contributed by atoms with van der Waals surface area (Å²) >= 11 is 12.1. The van der Waals surface area contributed by atoms with Crippen LogP contribution >= 0.6 is 23.2 Å². The first kappa shape index (κ1) is 16.7. The first-order chi connectivity index (χ1) is 10.3. The summed E-state index contributed by atoms with van der Waals surface area (Å²) in [4.78, 5) is 16.8. The van der Waals surface area contributed by atoms with Gasteiger partial charge in [-0.15, -0.1) is 0 Å². The molecule has 0 N–H and O–H groups in total. The number of ether oxygens (including phenoxy) is 1. The van der Waals surface area contributed by atoms with Gasteiger partial charge in [-0.25, -0.2) is 4.98 Å². The fourth-order valence-electron chi connectivity index (χ4n) is 1.83. The molecule has 1 aromatic heterocycles. The molecule has 0 spiro atoms. The molecule has 0 saturated carbocycles. The molecular formula is C16H16Cl2N2O2. The number of aromatic nitrogens is 2. The molecule has 22 heavy (non-hydrogen) atoms. The fourth-order valence-corrected chi connectivity index (χ4v) is 2.29. The Hall–Kier alpha value is -1.62. The van der Waals surface area contributed by atoms with Crippen LogP contribution in [-0.2, 0) is 9.53 Å². The highest BCUT2D eigenvalue weighted by atomic mass is 35.5. The lowest BCUT2D eigenvalue weighted by molar-refractivity contribution is -0.131. The second kappa shape index (κ2) is 6.65. The van der Waals surface area contributed by atoms with Crippen LogP contribution in [0.4, 0.5) is 0 Å². The minimum atomic E-state index is -0.963. The van der Waals surface area contributed by atoms with E-state index in [9.17, 15) is 4.79 Å². The molecular weight excluding hydrogens is 323 g/mol. The molecule has 1 heterocycles.